The molecule has 0 atom stereocenters. The number of rotatable bonds is 7. The maximum absolute atomic E-state index is 13.7. The molecule has 1 aliphatic rings. The van der Waals surface area contributed by atoms with Crippen LogP contribution >= 0.6 is 0 Å². The largest absolute Gasteiger partial charge is 0.494 e. The Morgan fingerprint density at radius 1 is 0.879 bits per heavy atom. The summed E-state index contributed by atoms with van der Waals surface area (Å²) in [6.45, 7) is 6.87. The molecule has 2 amide bonds. The van der Waals surface area contributed by atoms with Crippen molar-refractivity contribution in [3.8, 4) is 5.75 Å². The number of likely N-dealkylation sites (N-methyl/N-ethyl adjacent to an activating group) is 1. The molecular weight excluding hydrogens is 412 g/mol. The maximum atomic E-state index is 13.7. The van der Waals surface area contributed by atoms with Gasteiger partial charge in [-0.15, -0.1) is 0 Å². The normalized spacial score (nSPS) is 13.6. The molecule has 0 bridgehead atoms. The number of ether oxygens (including phenoxy) is 1. The van der Waals surface area contributed by atoms with E-state index in [1.165, 1.54) is 4.90 Å². The highest BCUT2D eigenvalue weighted by molar-refractivity contribution is 6.45. The molecule has 168 valence electrons. The number of imide groups is 1. The van der Waals surface area contributed by atoms with E-state index >= 15 is 0 Å². The third-order valence-electron chi connectivity index (χ3n) is 5.76. The number of anilines is 1. The molecule has 3 aromatic carbocycles. The van der Waals surface area contributed by atoms with Gasteiger partial charge in [-0.05, 0) is 61.2 Å². The summed E-state index contributed by atoms with van der Waals surface area (Å²) in [5.74, 6) is 0.105. The second-order valence-corrected chi connectivity index (χ2v) is 8.26. The van der Waals surface area contributed by atoms with E-state index in [1.54, 1.807) is 0 Å². The van der Waals surface area contributed by atoms with E-state index in [4.69, 9.17) is 4.74 Å². The average Bonchev–Trinajstić information content (AvgIpc) is 3.07. The molecule has 0 fully saturated rings. The minimum Gasteiger partial charge on any atom is -0.494 e. The van der Waals surface area contributed by atoms with Gasteiger partial charge in [-0.25, -0.2) is 4.90 Å². The van der Waals surface area contributed by atoms with E-state index < -0.39 is 0 Å². The Kier molecular flexibility index (Phi) is 6.31. The predicted octanol–water partition coefficient (Wildman–Crippen LogP) is 5.12. The Morgan fingerprint density at radius 2 is 1.58 bits per heavy atom. The third-order valence-corrected chi connectivity index (χ3v) is 5.76. The zero-order valence-corrected chi connectivity index (χ0v) is 19.5. The summed E-state index contributed by atoms with van der Waals surface area (Å²) < 4.78 is 5.56. The smallest absolute Gasteiger partial charge is 0.282 e. The number of amides is 2. The van der Waals surface area contributed by atoms with E-state index in [2.05, 4.69) is 0 Å². The van der Waals surface area contributed by atoms with Crippen molar-refractivity contribution in [3.05, 3.63) is 101 Å². The molecule has 1 heterocycles. The van der Waals surface area contributed by atoms with Crippen LogP contribution < -0.4 is 9.64 Å². The lowest BCUT2D eigenvalue weighted by molar-refractivity contribution is -0.120. The van der Waals surface area contributed by atoms with Gasteiger partial charge in [0, 0.05) is 13.6 Å². The molecule has 0 aromatic heterocycles. The Balaban J connectivity index is 1.80. The van der Waals surface area contributed by atoms with Crippen LogP contribution in [0.15, 0.2) is 78.5 Å². The van der Waals surface area contributed by atoms with Crippen LogP contribution in [0.2, 0.25) is 0 Å². The number of aryl methyl sites for hydroxylation is 2. The second-order valence-electron chi connectivity index (χ2n) is 8.26. The fourth-order valence-corrected chi connectivity index (χ4v) is 4.13. The van der Waals surface area contributed by atoms with Crippen molar-refractivity contribution in [2.75, 3.05) is 18.6 Å². The number of hydrogen-bond donors (Lipinski definition) is 0. The van der Waals surface area contributed by atoms with Crippen LogP contribution in [0.1, 0.15) is 29.2 Å². The molecule has 5 heteroatoms. The third kappa shape index (κ3) is 4.40. The van der Waals surface area contributed by atoms with Crippen molar-refractivity contribution in [1.29, 1.82) is 0 Å². The Labute approximate surface area is 194 Å². The molecule has 0 spiro atoms. The molecule has 0 saturated carbocycles. The van der Waals surface area contributed by atoms with Gasteiger partial charge in [0.05, 0.1) is 17.9 Å². The van der Waals surface area contributed by atoms with Crippen molar-refractivity contribution in [3.63, 3.8) is 0 Å². The fourth-order valence-electron chi connectivity index (χ4n) is 4.13. The Bertz CT molecular complexity index is 1210. The average molecular weight is 441 g/mol. The van der Waals surface area contributed by atoms with Gasteiger partial charge in [-0.3, -0.25) is 9.59 Å². The summed E-state index contributed by atoms with van der Waals surface area (Å²) in [4.78, 5) is 30.7. The first-order chi connectivity index (χ1) is 15.9. The van der Waals surface area contributed by atoms with E-state index in [9.17, 15) is 9.59 Å². The van der Waals surface area contributed by atoms with Crippen LogP contribution in [-0.2, 0) is 16.1 Å². The van der Waals surface area contributed by atoms with Crippen LogP contribution in [0, 0.1) is 13.8 Å². The summed E-state index contributed by atoms with van der Waals surface area (Å²) in [5.41, 5.74) is 5.04. The second kappa shape index (κ2) is 9.33. The fraction of sp³-hybridized carbons (Fsp3) is 0.214. The number of carbonyl (C=O) groups is 2. The lowest BCUT2D eigenvalue weighted by Gasteiger charge is -2.22. The molecule has 1 aliphatic heterocycles. The molecule has 0 unspecified atom stereocenters. The van der Waals surface area contributed by atoms with Crippen molar-refractivity contribution in [2.45, 2.75) is 27.3 Å². The van der Waals surface area contributed by atoms with Gasteiger partial charge in [-0.2, -0.15) is 0 Å². The highest BCUT2D eigenvalue weighted by atomic mass is 16.5. The molecule has 33 heavy (non-hydrogen) atoms. The molecule has 0 radical (unpaired) electrons. The number of benzene rings is 3. The summed E-state index contributed by atoms with van der Waals surface area (Å²) in [5, 5.41) is 0. The standard InChI is InChI=1S/C28H28N2O3/c1-5-33-23-15-13-22(14-16-23)25-26(29(4)18-21-9-7-6-8-10-21)28(32)30(27(25)31)24-17-19(2)11-12-20(24)3/h6-17H,5,18H2,1-4H3. The number of hydrogen-bond acceptors (Lipinski definition) is 4. The van der Waals surface area contributed by atoms with Crippen LogP contribution in [0.4, 0.5) is 5.69 Å². The molecule has 3 aromatic rings. The van der Waals surface area contributed by atoms with Crippen LogP contribution in [-0.4, -0.2) is 30.4 Å². The summed E-state index contributed by atoms with van der Waals surface area (Å²) in [6, 6.07) is 23.1. The molecule has 0 saturated heterocycles. The van der Waals surface area contributed by atoms with Crippen molar-refractivity contribution < 1.29 is 14.3 Å². The quantitative estimate of drug-likeness (QED) is 0.479. The molecule has 4 rings (SSSR count). The van der Waals surface area contributed by atoms with Crippen molar-refractivity contribution in [1.82, 2.24) is 4.90 Å². The Morgan fingerprint density at radius 3 is 2.24 bits per heavy atom. The van der Waals surface area contributed by atoms with Gasteiger partial charge in [0.15, 0.2) is 0 Å². The van der Waals surface area contributed by atoms with Crippen molar-refractivity contribution >= 4 is 23.1 Å². The highest BCUT2D eigenvalue weighted by Crippen LogP contribution is 2.36. The minimum atomic E-state index is -0.312. The maximum Gasteiger partial charge on any atom is 0.282 e. The first-order valence-electron chi connectivity index (χ1n) is 11.1. The van der Waals surface area contributed by atoms with Gasteiger partial charge in [0.25, 0.3) is 11.8 Å². The number of carbonyl (C=O) groups excluding carboxylic acids is 2. The van der Waals surface area contributed by atoms with E-state index in [1.807, 2.05) is 106 Å². The van der Waals surface area contributed by atoms with E-state index in [0.29, 0.717) is 35.7 Å². The van der Waals surface area contributed by atoms with Crippen LogP contribution in [0.25, 0.3) is 5.57 Å². The van der Waals surface area contributed by atoms with Crippen LogP contribution in [0.5, 0.6) is 5.75 Å². The topological polar surface area (TPSA) is 49.9 Å². The summed E-state index contributed by atoms with van der Waals surface area (Å²) in [6.07, 6.45) is 0. The van der Waals surface area contributed by atoms with Gasteiger partial charge >= 0.3 is 0 Å². The lowest BCUT2D eigenvalue weighted by atomic mass is 10.0. The first kappa shape index (κ1) is 22.3. The van der Waals surface area contributed by atoms with Gasteiger partial charge in [0.1, 0.15) is 11.4 Å². The minimum absolute atomic E-state index is 0.309. The highest BCUT2D eigenvalue weighted by Gasteiger charge is 2.42. The lowest BCUT2D eigenvalue weighted by Crippen LogP contribution is -2.34. The molecule has 5 nitrogen and oxygen atoms in total. The van der Waals surface area contributed by atoms with E-state index in [-0.39, 0.29) is 11.8 Å². The molecular formula is C28H28N2O3. The Hall–Kier alpha value is -3.86. The molecule has 0 N–H and O–H groups in total. The SMILES string of the molecule is CCOc1ccc(C2=C(N(C)Cc3ccccc3)C(=O)N(c3cc(C)ccc3C)C2=O)cc1. The van der Waals surface area contributed by atoms with E-state index in [0.717, 1.165) is 22.4 Å². The zero-order valence-electron chi connectivity index (χ0n) is 19.5. The van der Waals surface area contributed by atoms with Crippen molar-refractivity contribution in [2.24, 2.45) is 0 Å². The van der Waals surface area contributed by atoms with Gasteiger partial charge in [-0.1, -0.05) is 54.6 Å². The van der Waals surface area contributed by atoms with Gasteiger partial charge < -0.3 is 9.64 Å². The first-order valence-corrected chi connectivity index (χ1v) is 11.1. The summed E-state index contributed by atoms with van der Waals surface area (Å²) >= 11 is 0. The summed E-state index contributed by atoms with van der Waals surface area (Å²) in [7, 11) is 1.86. The number of nitrogens with zero attached hydrogens (tertiary/aromatic N) is 2. The molecule has 0 aliphatic carbocycles. The monoisotopic (exact) mass is 440 g/mol. The van der Waals surface area contributed by atoms with Gasteiger partial charge in [0.2, 0.25) is 0 Å². The van der Waals surface area contributed by atoms with Crippen LogP contribution in [0.3, 0.4) is 0 Å². The predicted molar refractivity (Wildman–Crippen MR) is 131 cm³/mol. The zero-order chi connectivity index (χ0) is 23.5.